The number of rotatable bonds is 8. The van der Waals surface area contributed by atoms with E-state index in [1.807, 2.05) is 44.2 Å². The van der Waals surface area contributed by atoms with E-state index < -0.39 is 22.0 Å². The predicted octanol–water partition coefficient (Wildman–Crippen LogP) is 2.51. The maximum absolute atomic E-state index is 12.8. The van der Waals surface area contributed by atoms with E-state index in [9.17, 15) is 13.2 Å². The smallest absolute Gasteiger partial charge is 0.243 e. The molecule has 0 fully saturated rings. The fourth-order valence-electron chi connectivity index (χ4n) is 2.65. The van der Waals surface area contributed by atoms with E-state index in [1.165, 1.54) is 7.05 Å². The number of para-hydroxylation sites is 1. The molecule has 2 atom stereocenters. The predicted molar refractivity (Wildman–Crippen MR) is 106 cm³/mol. The van der Waals surface area contributed by atoms with Crippen molar-refractivity contribution in [1.82, 2.24) is 9.62 Å². The third-order valence-electron chi connectivity index (χ3n) is 4.22. The second kappa shape index (κ2) is 9.01. The summed E-state index contributed by atoms with van der Waals surface area (Å²) in [5.74, 6) is 0.362. The van der Waals surface area contributed by atoms with Crippen LogP contribution >= 0.6 is 0 Å². The molecule has 0 saturated carbocycles. The third kappa shape index (κ3) is 5.80. The second-order valence-electron chi connectivity index (χ2n) is 6.58. The van der Waals surface area contributed by atoms with Crippen molar-refractivity contribution >= 4 is 15.9 Å². The Hall–Kier alpha value is -2.38. The maximum Gasteiger partial charge on any atom is 0.243 e. The molecule has 0 aliphatic heterocycles. The maximum atomic E-state index is 12.8. The van der Waals surface area contributed by atoms with Gasteiger partial charge in [-0.25, -0.2) is 8.42 Å². The molecular formula is C20H26N2O4S. The van der Waals surface area contributed by atoms with E-state index in [2.05, 4.69) is 5.32 Å². The minimum Gasteiger partial charge on any atom is -0.491 e. The molecule has 0 aliphatic carbocycles. The monoisotopic (exact) mass is 390 g/mol. The third-order valence-corrected chi connectivity index (χ3v) is 5.48. The summed E-state index contributed by atoms with van der Waals surface area (Å²) in [5.41, 5.74) is 1.62. The molecule has 2 rings (SSSR count). The van der Waals surface area contributed by atoms with Crippen molar-refractivity contribution in [3.05, 3.63) is 65.7 Å². The number of carbonyl (C=O) groups is 1. The molecular weight excluding hydrogens is 364 g/mol. The van der Waals surface area contributed by atoms with Gasteiger partial charge in [-0.1, -0.05) is 48.5 Å². The lowest BCUT2D eigenvalue weighted by atomic mass is 10.1. The van der Waals surface area contributed by atoms with Crippen LogP contribution in [0.2, 0.25) is 0 Å². The van der Waals surface area contributed by atoms with Gasteiger partial charge in [0.05, 0.1) is 12.3 Å². The number of nitrogens with zero attached hydrogens (tertiary/aromatic N) is 1. The fraction of sp³-hybridized carbons (Fsp3) is 0.350. The number of nitrogens with one attached hydrogen (secondary N) is 1. The molecule has 7 heteroatoms. The first-order valence-corrected chi connectivity index (χ1v) is 10.5. The van der Waals surface area contributed by atoms with Gasteiger partial charge in [-0.2, -0.15) is 4.31 Å². The van der Waals surface area contributed by atoms with E-state index in [-0.39, 0.29) is 12.6 Å². The lowest BCUT2D eigenvalue weighted by molar-refractivity contribution is -0.125. The molecule has 0 radical (unpaired) electrons. The van der Waals surface area contributed by atoms with E-state index in [4.69, 9.17) is 4.74 Å². The molecule has 1 N–H and O–H groups in total. The Morgan fingerprint density at radius 3 is 2.30 bits per heavy atom. The van der Waals surface area contributed by atoms with Crippen LogP contribution in [0.15, 0.2) is 54.6 Å². The highest BCUT2D eigenvalue weighted by Crippen LogP contribution is 2.22. The van der Waals surface area contributed by atoms with Crippen LogP contribution in [0.5, 0.6) is 5.75 Å². The summed E-state index contributed by atoms with van der Waals surface area (Å²) in [6, 6.07) is 15.2. The minimum absolute atomic E-state index is 0.278. The zero-order valence-corrected chi connectivity index (χ0v) is 16.9. The molecule has 0 heterocycles. The van der Waals surface area contributed by atoms with Gasteiger partial charge in [0.2, 0.25) is 15.9 Å². The van der Waals surface area contributed by atoms with Gasteiger partial charge in [0, 0.05) is 7.05 Å². The Bertz CT molecular complexity index is 869. The minimum atomic E-state index is -3.55. The first-order valence-electron chi connectivity index (χ1n) is 8.67. The summed E-state index contributed by atoms with van der Waals surface area (Å²) in [7, 11) is -2.15. The number of likely N-dealkylation sites (N-methyl/N-ethyl adjacent to an activating group) is 1. The lowest BCUT2D eigenvalue weighted by Gasteiger charge is -2.27. The molecule has 0 spiro atoms. The zero-order chi connectivity index (χ0) is 20.0. The first-order chi connectivity index (χ1) is 12.7. The van der Waals surface area contributed by atoms with Crippen molar-refractivity contribution < 1.29 is 17.9 Å². The first kappa shape index (κ1) is 20.9. The average Bonchev–Trinajstić information content (AvgIpc) is 2.61. The van der Waals surface area contributed by atoms with Gasteiger partial charge >= 0.3 is 0 Å². The van der Waals surface area contributed by atoms with Gasteiger partial charge in [-0.05, 0) is 31.0 Å². The Balaban J connectivity index is 2.10. The van der Waals surface area contributed by atoms with Gasteiger partial charge in [-0.3, -0.25) is 4.79 Å². The molecule has 0 aliphatic rings. The highest BCUT2D eigenvalue weighted by atomic mass is 32.2. The Kier molecular flexibility index (Phi) is 6.98. The molecule has 2 aromatic carbocycles. The van der Waals surface area contributed by atoms with Crippen molar-refractivity contribution in [3.63, 3.8) is 0 Å². The number of benzene rings is 2. The number of ether oxygens (including phenoxy) is 1. The van der Waals surface area contributed by atoms with Crippen molar-refractivity contribution in [1.29, 1.82) is 0 Å². The van der Waals surface area contributed by atoms with Gasteiger partial charge in [0.25, 0.3) is 0 Å². The summed E-state index contributed by atoms with van der Waals surface area (Å²) in [5, 5.41) is 2.85. The standard InChI is InChI=1S/C20H26N2O4S/c1-15-10-8-9-13-18(15)26-14-16(2)21-20(23)19(22(3)27(4,24)25)17-11-6-5-7-12-17/h5-13,16,19H,14H2,1-4H3,(H,21,23)/t16-,19-/m1/s1. The quantitative estimate of drug-likeness (QED) is 0.751. The van der Waals surface area contributed by atoms with Crippen molar-refractivity contribution in [3.8, 4) is 5.75 Å². The van der Waals surface area contributed by atoms with Gasteiger partial charge in [0.15, 0.2) is 0 Å². The number of amides is 1. The molecule has 0 saturated heterocycles. The molecule has 2 aromatic rings. The van der Waals surface area contributed by atoms with Crippen LogP contribution in [0, 0.1) is 6.92 Å². The van der Waals surface area contributed by atoms with Crippen molar-refractivity contribution in [2.45, 2.75) is 25.9 Å². The number of sulfonamides is 1. The molecule has 27 heavy (non-hydrogen) atoms. The largest absolute Gasteiger partial charge is 0.491 e. The number of hydrogen-bond acceptors (Lipinski definition) is 4. The summed E-state index contributed by atoms with van der Waals surface area (Å²) in [4.78, 5) is 12.8. The molecule has 0 aromatic heterocycles. The average molecular weight is 391 g/mol. The summed E-state index contributed by atoms with van der Waals surface area (Å²) in [6.07, 6.45) is 1.08. The second-order valence-corrected chi connectivity index (χ2v) is 8.62. The molecule has 0 unspecified atom stereocenters. The van der Waals surface area contributed by atoms with E-state index in [1.54, 1.807) is 24.3 Å². The number of aryl methyl sites for hydroxylation is 1. The Labute approximate surface area is 161 Å². The normalized spacial score (nSPS) is 13.8. The van der Waals surface area contributed by atoms with Crippen LogP contribution in [-0.4, -0.2) is 44.6 Å². The Morgan fingerprint density at radius 2 is 1.70 bits per heavy atom. The number of carbonyl (C=O) groups excluding carboxylic acids is 1. The van der Waals surface area contributed by atoms with Crippen molar-refractivity contribution in [2.75, 3.05) is 19.9 Å². The SMILES string of the molecule is Cc1ccccc1OC[C@@H](C)NC(=O)[C@@H](c1ccccc1)N(C)S(C)(=O)=O. The van der Waals surface area contributed by atoms with Crippen LogP contribution in [0.25, 0.3) is 0 Å². The van der Waals surface area contributed by atoms with Gasteiger partial charge < -0.3 is 10.1 Å². The van der Waals surface area contributed by atoms with Crippen LogP contribution < -0.4 is 10.1 Å². The van der Waals surface area contributed by atoms with Gasteiger partial charge in [-0.15, -0.1) is 0 Å². The topological polar surface area (TPSA) is 75.7 Å². The highest BCUT2D eigenvalue weighted by Gasteiger charge is 2.31. The van der Waals surface area contributed by atoms with Crippen molar-refractivity contribution in [2.24, 2.45) is 0 Å². The molecule has 146 valence electrons. The Morgan fingerprint density at radius 1 is 1.11 bits per heavy atom. The lowest BCUT2D eigenvalue weighted by Crippen LogP contribution is -2.45. The van der Waals surface area contributed by atoms with Crippen LogP contribution in [-0.2, 0) is 14.8 Å². The van der Waals surface area contributed by atoms with Crippen LogP contribution in [0.3, 0.4) is 0 Å². The fourth-order valence-corrected chi connectivity index (χ4v) is 3.25. The van der Waals surface area contributed by atoms with E-state index in [0.29, 0.717) is 5.56 Å². The highest BCUT2D eigenvalue weighted by molar-refractivity contribution is 7.88. The van der Waals surface area contributed by atoms with Crippen LogP contribution in [0.1, 0.15) is 24.1 Å². The van der Waals surface area contributed by atoms with E-state index >= 15 is 0 Å². The van der Waals surface area contributed by atoms with E-state index in [0.717, 1.165) is 21.9 Å². The summed E-state index contributed by atoms with van der Waals surface area (Å²) in [6.45, 7) is 4.05. The molecule has 0 bridgehead atoms. The summed E-state index contributed by atoms with van der Waals surface area (Å²) >= 11 is 0. The number of hydrogen-bond donors (Lipinski definition) is 1. The zero-order valence-electron chi connectivity index (χ0n) is 16.0. The van der Waals surface area contributed by atoms with Gasteiger partial charge in [0.1, 0.15) is 18.4 Å². The molecule has 1 amide bonds. The molecule has 6 nitrogen and oxygen atoms in total. The summed E-state index contributed by atoms with van der Waals surface area (Å²) < 4.78 is 30.9. The van der Waals surface area contributed by atoms with Crippen LogP contribution in [0.4, 0.5) is 0 Å².